The molecule has 32 heavy (non-hydrogen) atoms. The Labute approximate surface area is 188 Å². The smallest absolute Gasteiger partial charge is 0.266 e. The maximum absolute atomic E-state index is 12.8. The maximum Gasteiger partial charge on any atom is 0.266 e. The van der Waals surface area contributed by atoms with E-state index in [1.807, 2.05) is 68.4 Å². The highest BCUT2D eigenvalue weighted by atomic mass is 16.5. The lowest BCUT2D eigenvalue weighted by molar-refractivity contribution is -0.112. The summed E-state index contributed by atoms with van der Waals surface area (Å²) < 4.78 is 11.3. The molecule has 0 spiro atoms. The van der Waals surface area contributed by atoms with E-state index in [9.17, 15) is 10.1 Å². The molecule has 0 aliphatic heterocycles. The van der Waals surface area contributed by atoms with E-state index < -0.39 is 5.91 Å². The summed E-state index contributed by atoms with van der Waals surface area (Å²) in [6.45, 7) is 4.40. The second kappa shape index (κ2) is 10.8. The zero-order valence-electron chi connectivity index (χ0n) is 18.5. The van der Waals surface area contributed by atoms with E-state index in [0.717, 1.165) is 17.5 Å². The van der Waals surface area contributed by atoms with Crippen molar-refractivity contribution in [3.05, 3.63) is 94.6 Å². The number of hydrogen-bond donors (Lipinski definition) is 1. The Balaban J connectivity index is 1.86. The van der Waals surface area contributed by atoms with Crippen molar-refractivity contribution >= 4 is 17.7 Å². The third-order valence-corrected chi connectivity index (χ3v) is 5.05. The van der Waals surface area contributed by atoms with Gasteiger partial charge in [-0.25, -0.2) is 0 Å². The molecule has 1 amide bonds. The second-order valence-corrected chi connectivity index (χ2v) is 7.31. The number of ether oxygens (including phenoxy) is 2. The molecule has 3 aromatic carbocycles. The summed E-state index contributed by atoms with van der Waals surface area (Å²) in [5.74, 6) is 0.689. The molecule has 0 aromatic heterocycles. The number of para-hydroxylation sites is 1. The third-order valence-electron chi connectivity index (χ3n) is 5.05. The SMILES string of the molecule is CCc1ccccc1NC(=O)/C(C#N)=C/c1ccc(OC)cc1OCc1ccc(C)cc1. The molecule has 5 heteroatoms. The molecular formula is C27H26N2O3. The van der Waals surface area contributed by atoms with Crippen LogP contribution >= 0.6 is 0 Å². The third kappa shape index (κ3) is 5.77. The van der Waals surface area contributed by atoms with Crippen LogP contribution in [0.15, 0.2) is 72.3 Å². The fraction of sp³-hybridized carbons (Fsp3) is 0.185. The number of nitriles is 1. The summed E-state index contributed by atoms with van der Waals surface area (Å²) in [5, 5.41) is 12.5. The summed E-state index contributed by atoms with van der Waals surface area (Å²) in [6, 6.07) is 22.9. The predicted molar refractivity (Wildman–Crippen MR) is 127 cm³/mol. The first kappa shape index (κ1) is 22.6. The van der Waals surface area contributed by atoms with Crippen LogP contribution in [-0.4, -0.2) is 13.0 Å². The number of methoxy groups -OCH3 is 1. The molecule has 0 aliphatic rings. The standard InChI is InChI=1S/C27H26N2O3/c1-4-21-7-5-6-8-25(21)29-27(30)23(17-28)15-22-13-14-24(31-3)16-26(22)32-18-20-11-9-19(2)10-12-20/h5-16H,4,18H2,1-3H3,(H,29,30)/b23-15+. The van der Waals surface area contributed by atoms with E-state index in [-0.39, 0.29) is 5.57 Å². The molecule has 0 unspecified atom stereocenters. The number of benzene rings is 3. The molecule has 0 heterocycles. The van der Waals surface area contributed by atoms with Gasteiger partial charge in [0.2, 0.25) is 0 Å². The van der Waals surface area contributed by atoms with Crippen molar-refractivity contribution in [3.63, 3.8) is 0 Å². The van der Waals surface area contributed by atoms with Crippen molar-refractivity contribution in [2.24, 2.45) is 0 Å². The summed E-state index contributed by atoms with van der Waals surface area (Å²) >= 11 is 0. The van der Waals surface area contributed by atoms with Gasteiger partial charge in [-0.1, -0.05) is 55.0 Å². The Kier molecular flexibility index (Phi) is 7.66. The average molecular weight is 427 g/mol. The molecule has 0 saturated heterocycles. The van der Waals surface area contributed by atoms with Crippen LogP contribution in [-0.2, 0) is 17.8 Å². The van der Waals surface area contributed by atoms with Gasteiger partial charge in [-0.2, -0.15) is 5.26 Å². The first-order valence-electron chi connectivity index (χ1n) is 10.4. The Morgan fingerprint density at radius 3 is 2.53 bits per heavy atom. The van der Waals surface area contributed by atoms with Crippen molar-refractivity contribution in [1.82, 2.24) is 0 Å². The number of carbonyl (C=O) groups is 1. The number of nitrogens with zero attached hydrogens (tertiary/aromatic N) is 1. The van der Waals surface area contributed by atoms with Crippen molar-refractivity contribution < 1.29 is 14.3 Å². The van der Waals surface area contributed by atoms with Crippen molar-refractivity contribution in [3.8, 4) is 17.6 Å². The molecule has 5 nitrogen and oxygen atoms in total. The first-order chi connectivity index (χ1) is 15.5. The number of rotatable bonds is 8. The van der Waals surface area contributed by atoms with Gasteiger partial charge in [0.15, 0.2) is 0 Å². The number of hydrogen-bond acceptors (Lipinski definition) is 4. The number of amides is 1. The Bertz CT molecular complexity index is 1160. The Morgan fingerprint density at radius 2 is 1.84 bits per heavy atom. The molecule has 0 bridgehead atoms. The highest BCUT2D eigenvalue weighted by Gasteiger charge is 2.13. The van der Waals surface area contributed by atoms with E-state index in [1.54, 1.807) is 25.3 Å². The van der Waals surface area contributed by atoms with Crippen LogP contribution in [0, 0.1) is 18.3 Å². The molecule has 0 fully saturated rings. The maximum atomic E-state index is 12.8. The monoisotopic (exact) mass is 426 g/mol. The van der Waals surface area contributed by atoms with Gasteiger partial charge in [0.25, 0.3) is 5.91 Å². The molecule has 0 atom stereocenters. The summed E-state index contributed by atoms with van der Waals surface area (Å²) in [7, 11) is 1.58. The van der Waals surface area contributed by atoms with Crippen LogP contribution < -0.4 is 14.8 Å². The lowest BCUT2D eigenvalue weighted by Gasteiger charge is -2.12. The van der Waals surface area contributed by atoms with Gasteiger partial charge in [-0.15, -0.1) is 0 Å². The number of nitrogens with one attached hydrogen (secondary N) is 1. The van der Waals surface area contributed by atoms with Gasteiger partial charge in [-0.05, 0) is 48.7 Å². The van der Waals surface area contributed by atoms with E-state index >= 15 is 0 Å². The van der Waals surface area contributed by atoms with Gasteiger partial charge in [0.05, 0.1) is 7.11 Å². The minimum absolute atomic E-state index is 0.0127. The van der Waals surface area contributed by atoms with E-state index in [1.165, 1.54) is 11.6 Å². The van der Waals surface area contributed by atoms with Crippen LogP contribution in [0.1, 0.15) is 29.2 Å². The largest absolute Gasteiger partial charge is 0.497 e. The summed E-state index contributed by atoms with van der Waals surface area (Å²) in [5.41, 5.74) is 4.50. The first-order valence-corrected chi connectivity index (χ1v) is 10.4. The highest BCUT2D eigenvalue weighted by molar-refractivity contribution is 6.10. The molecule has 0 radical (unpaired) electrons. The molecule has 0 aliphatic carbocycles. The normalized spacial score (nSPS) is 10.9. The van der Waals surface area contributed by atoms with Crippen LogP contribution in [0.5, 0.6) is 11.5 Å². The van der Waals surface area contributed by atoms with E-state index in [0.29, 0.717) is 29.4 Å². The van der Waals surface area contributed by atoms with Crippen molar-refractivity contribution in [1.29, 1.82) is 5.26 Å². The van der Waals surface area contributed by atoms with E-state index in [2.05, 4.69) is 5.32 Å². The molecular weight excluding hydrogens is 400 g/mol. The number of anilines is 1. The summed E-state index contributed by atoms with van der Waals surface area (Å²) in [6.07, 6.45) is 2.31. The van der Waals surface area contributed by atoms with Crippen LogP contribution in [0.4, 0.5) is 5.69 Å². The molecule has 1 N–H and O–H groups in total. The fourth-order valence-corrected chi connectivity index (χ4v) is 3.18. The van der Waals surface area contributed by atoms with Gasteiger partial charge >= 0.3 is 0 Å². The second-order valence-electron chi connectivity index (χ2n) is 7.31. The minimum atomic E-state index is -0.464. The lowest BCUT2D eigenvalue weighted by atomic mass is 10.1. The number of aryl methyl sites for hydroxylation is 2. The van der Waals surface area contributed by atoms with Crippen molar-refractivity contribution in [2.75, 3.05) is 12.4 Å². The van der Waals surface area contributed by atoms with Gasteiger partial charge < -0.3 is 14.8 Å². The topological polar surface area (TPSA) is 71.4 Å². The van der Waals surface area contributed by atoms with Gasteiger partial charge in [0, 0.05) is 17.3 Å². The molecule has 3 rings (SSSR count). The Hall–Kier alpha value is -4.04. The predicted octanol–water partition coefficient (Wildman–Crippen LogP) is 5.69. The summed E-state index contributed by atoms with van der Waals surface area (Å²) in [4.78, 5) is 12.8. The minimum Gasteiger partial charge on any atom is -0.497 e. The molecule has 3 aromatic rings. The molecule has 0 saturated carbocycles. The average Bonchev–Trinajstić information content (AvgIpc) is 2.82. The van der Waals surface area contributed by atoms with Gasteiger partial charge in [-0.3, -0.25) is 4.79 Å². The van der Waals surface area contributed by atoms with E-state index in [4.69, 9.17) is 9.47 Å². The highest BCUT2D eigenvalue weighted by Crippen LogP contribution is 2.28. The zero-order chi connectivity index (χ0) is 22.9. The fourth-order valence-electron chi connectivity index (χ4n) is 3.18. The van der Waals surface area contributed by atoms with Crippen LogP contribution in [0.3, 0.4) is 0 Å². The van der Waals surface area contributed by atoms with Crippen molar-refractivity contribution in [2.45, 2.75) is 26.9 Å². The molecule has 162 valence electrons. The van der Waals surface area contributed by atoms with Crippen LogP contribution in [0.2, 0.25) is 0 Å². The lowest BCUT2D eigenvalue weighted by Crippen LogP contribution is -2.14. The Morgan fingerprint density at radius 1 is 1.09 bits per heavy atom. The number of carbonyl (C=O) groups excluding carboxylic acids is 1. The van der Waals surface area contributed by atoms with Gasteiger partial charge in [0.1, 0.15) is 29.7 Å². The zero-order valence-corrected chi connectivity index (χ0v) is 18.5. The quantitative estimate of drug-likeness (QED) is 0.371. The van der Waals surface area contributed by atoms with Crippen LogP contribution in [0.25, 0.3) is 6.08 Å².